The van der Waals surface area contributed by atoms with E-state index in [0.717, 1.165) is 4.31 Å². The van der Waals surface area contributed by atoms with E-state index in [-0.39, 0.29) is 22.4 Å². The van der Waals surface area contributed by atoms with Crippen LogP contribution >= 0.6 is 0 Å². The number of nitrogens with one attached hydrogen (secondary N) is 1. The Morgan fingerprint density at radius 2 is 1.85 bits per heavy atom. The van der Waals surface area contributed by atoms with Crippen molar-refractivity contribution >= 4 is 21.9 Å². The summed E-state index contributed by atoms with van der Waals surface area (Å²) in [4.78, 5) is 16.3. The van der Waals surface area contributed by atoms with Gasteiger partial charge in [-0.15, -0.1) is 5.10 Å². The SMILES string of the molecule is CN(C)S(=O)(=O)c1ccc(C(=O)Nc2nnc(-c3cccnc3)o2)cc1. The van der Waals surface area contributed by atoms with Gasteiger partial charge in [-0.1, -0.05) is 5.10 Å². The van der Waals surface area contributed by atoms with Gasteiger partial charge in [-0.25, -0.2) is 12.7 Å². The van der Waals surface area contributed by atoms with Gasteiger partial charge in [-0.05, 0) is 36.4 Å². The number of anilines is 1. The fourth-order valence-electron chi connectivity index (χ4n) is 2.04. The second-order valence-corrected chi connectivity index (χ2v) is 7.57. The van der Waals surface area contributed by atoms with Crippen LogP contribution in [-0.2, 0) is 10.0 Å². The van der Waals surface area contributed by atoms with Crippen LogP contribution in [0.15, 0.2) is 58.1 Å². The van der Waals surface area contributed by atoms with Crippen LogP contribution in [0.4, 0.5) is 6.01 Å². The van der Waals surface area contributed by atoms with Crippen LogP contribution < -0.4 is 5.32 Å². The van der Waals surface area contributed by atoms with Crippen LogP contribution in [0.5, 0.6) is 0 Å². The number of nitrogens with zero attached hydrogens (tertiary/aromatic N) is 4. The molecule has 1 aromatic carbocycles. The number of amides is 1. The highest BCUT2D eigenvalue weighted by atomic mass is 32.2. The van der Waals surface area contributed by atoms with Crippen LogP contribution in [0.2, 0.25) is 0 Å². The summed E-state index contributed by atoms with van der Waals surface area (Å²) in [5, 5.41) is 10.1. The molecule has 26 heavy (non-hydrogen) atoms. The molecule has 0 radical (unpaired) electrons. The second kappa shape index (κ2) is 7.02. The second-order valence-electron chi connectivity index (χ2n) is 5.42. The van der Waals surface area contributed by atoms with Crippen molar-refractivity contribution in [2.24, 2.45) is 0 Å². The third-order valence-corrected chi connectivity index (χ3v) is 5.28. The molecular formula is C16H15N5O4S. The maximum absolute atomic E-state index is 12.2. The quantitative estimate of drug-likeness (QED) is 0.722. The van der Waals surface area contributed by atoms with Crippen molar-refractivity contribution in [3.63, 3.8) is 0 Å². The number of pyridine rings is 1. The zero-order valence-electron chi connectivity index (χ0n) is 13.9. The van der Waals surface area contributed by atoms with Gasteiger partial charge in [-0.2, -0.15) is 0 Å². The Hall–Kier alpha value is -3.11. The third kappa shape index (κ3) is 3.60. The minimum atomic E-state index is -3.55. The molecule has 0 aliphatic carbocycles. The lowest BCUT2D eigenvalue weighted by atomic mass is 10.2. The molecule has 9 nitrogen and oxygen atoms in total. The van der Waals surface area contributed by atoms with Crippen molar-refractivity contribution in [3.05, 3.63) is 54.4 Å². The number of hydrogen-bond donors (Lipinski definition) is 1. The normalized spacial score (nSPS) is 11.5. The Bertz CT molecular complexity index is 1010. The molecule has 0 bridgehead atoms. The number of carbonyl (C=O) groups is 1. The van der Waals surface area contributed by atoms with Gasteiger partial charge < -0.3 is 4.42 Å². The highest BCUT2D eigenvalue weighted by Gasteiger charge is 2.18. The number of hydrogen-bond acceptors (Lipinski definition) is 7. The summed E-state index contributed by atoms with van der Waals surface area (Å²) in [5.41, 5.74) is 0.877. The zero-order chi connectivity index (χ0) is 18.7. The van der Waals surface area contributed by atoms with Gasteiger partial charge in [0.15, 0.2) is 0 Å². The molecule has 0 atom stereocenters. The van der Waals surface area contributed by atoms with Gasteiger partial charge in [-0.3, -0.25) is 15.1 Å². The minimum Gasteiger partial charge on any atom is -0.403 e. The smallest absolute Gasteiger partial charge is 0.322 e. The summed E-state index contributed by atoms with van der Waals surface area (Å²) >= 11 is 0. The maximum atomic E-state index is 12.2. The van der Waals surface area contributed by atoms with E-state index in [1.54, 1.807) is 24.5 Å². The van der Waals surface area contributed by atoms with E-state index in [1.165, 1.54) is 38.4 Å². The molecule has 3 aromatic rings. The van der Waals surface area contributed by atoms with Crippen LogP contribution in [0.3, 0.4) is 0 Å². The number of carbonyl (C=O) groups excluding carboxylic acids is 1. The molecule has 0 aliphatic heterocycles. The van der Waals surface area contributed by atoms with Gasteiger partial charge in [0.1, 0.15) is 0 Å². The Morgan fingerprint density at radius 3 is 2.46 bits per heavy atom. The molecule has 0 unspecified atom stereocenters. The molecule has 2 heterocycles. The summed E-state index contributed by atoms with van der Waals surface area (Å²) in [6.07, 6.45) is 3.17. The van der Waals surface area contributed by atoms with Crippen molar-refractivity contribution in [3.8, 4) is 11.5 Å². The maximum Gasteiger partial charge on any atom is 0.322 e. The Balaban J connectivity index is 1.74. The molecule has 3 rings (SSSR count). The van der Waals surface area contributed by atoms with Gasteiger partial charge in [0.25, 0.3) is 11.8 Å². The summed E-state index contributed by atoms with van der Waals surface area (Å²) < 4.78 is 30.5. The average Bonchev–Trinajstić information content (AvgIpc) is 3.11. The van der Waals surface area contributed by atoms with E-state index in [9.17, 15) is 13.2 Å². The highest BCUT2D eigenvalue weighted by molar-refractivity contribution is 7.89. The van der Waals surface area contributed by atoms with Gasteiger partial charge in [0.2, 0.25) is 10.0 Å². The van der Waals surface area contributed by atoms with Crippen molar-refractivity contribution in [1.82, 2.24) is 19.5 Å². The first kappa shape index (κ1) is 17.7. The number of benzene rings is 1. The van der Waals surface area contributed by atoms with Gasteiger partial charge in [0.05, 0.1) is 10.5 Å². The fraction of sp³-hybridized carbons (Fsp3) is 0.125. The molecule has 0 saturated heterocycles. The van der Waals surface area contributed by atoms with Crippen LogP contribution in [-0.4, -0.2) is 47.9 Å². The highest BCUT2D eigenvalue weighted by Crippen LogP contribution is 2.19. The van der Waals surface area contributed by atoms with Gasteiger partial charge >= 0.3 is 6.01 Å². The standard InChI is InChI=1S/C16H15N5O4S/c1-21(2)26(23,24)13-7-5-11(6-8-13)14(22)18-16-20-19-15(25-16)12-4-3-9-17-10-12/h3-10H,1-2H3,(H,18,20,22). The topological polar surface area (TPSA) is 118 Å². The fourth-order valence-corrected chi connectivity index (χ4v) is 2.94. The zero-order valence-corrected chi connectivity index (χ0v) is 14.8. The molecule has 0 fully saturated rings. The van der Waals surface area contributed by atoms with Crippen LogP contribution in [0.25, 0.3) is 11.5 Å². The van der Waals surface area contributed by atoms with Crippen LogP contribution in [0, 0.1) is 0 Å². The molecule has 10 heteroatoms. The molecule has 0 aliphatic rings. The monoisotopic (exact) mass is 373 g/mol. The van der Waals surface area contributed by atoms with Gasteiger partial charge in [0, 0.05) is 32.1 Å². The minimum absolute atomic E-state index is 0.0705. The lowest BCUT2D eigenvalue weighted by molar-refractivity contribution is 0.102. The number of sulfonamides is 1. The first-order chi connectivity index (χ1) is 12.4. The number of aromatic nitrogens is 3. The van der Waals surface area contributed by atoms with E-state index >= 15 is 0 Å². The predicted molar refractivity (Wildman–Crippen MR) is 92.8 cm³/mol. The molecule has 134 valence electrons. The van der Waals surface area contributed by atoms with Crippen LogP contribution in [0.1, 0.15) is 10.4 Å². The lowest BCUT2D eigenvalue weighted by Crippen LogP contribution is -2.22. The molecule has 2 aromatic heterocycles. The van der Waals surface area contributed by atoms with E-state index in [4.69, 9.17) is 4.42 Å². The molecule has 0 spiro atoms. The Morgan fingerprint density at radius 1 is 1.12 bits per heavy atom. The van der Waals surface area contributed by atoms with E-state index < -0.39 is 15.9 Å². The molecule has 1 N–H and O–H groups in total. The largest absolute Gasteiger partial charge is 0.403 e. The lowest BCUT2D eigenvalue weighted by Gasteiger charge is -2.11. The molecular weight excluding hydrogens is 358 g/mol. The van der Waals surface area contributed by atoms with E-state index in [1.807, 2.05) is 0 Å². The molecule has 1 amide bonds. The Labute approximate surface area is 149 Å². The first-order valence-corrected chi connectivity index (χ1v) is 8.90. The number of rotatable bonds is 5. The summed E-state index contributed by atoms with van der Waals surface area (Å²) in [7, 11) is -0.679. The van der Waals surface area contributed by atoms with E-state index in [2.05, 4.69) is 20.5 Å². The van der Waals surface area contributed by atoms with E-state index in [0.29, 0.717) is 5.56 Å². The summed E-state index contributed by atoms with van der Waals surface area (Å²) in [6.45, 7) is 0. The third-order valence-electron chi connectivity index (χ3n) is 3.45. The Kier molecular flexibility index (Phi) is 4.78. The molecule has 0 saturated carbocycles. The van der Waals surface area contributed by atoms with Crippen molar-refractivity contribution in [2.75, 3.05) is 19.4 Å². The van der Waals surface area contributed by atoms with Crippen molar-refractivity contribution in [1.29, 1.82) is 0 Å². The average molecular weight is 373 g/mol. The van der Waals surface area contributed by atoms with Crippen molar-refractivity contribution in [2.45, 2.75) is 4.90 Å². The summed E-state index contributed by atoms with van der Waals surface area (Å²) in [5.74, 6) is -0.277. The summed E-state index contributed by atoms with van der Waals surface area (Å²) in [6, 6.07) is 8.93. The first-order valence-electron chi connectivity index (χ1n) is 7.46. The predicted octanol–water partition coefficient (Wildman–Crippen LogP) is 1.63. The van der Waals surface area contributed by atoms with Crippen molar-refractivity contribution < 1.29 is 17.6 Å².